The minimum absolute atomic E-state index is 0.0297. The van der Waals surface area contributed by atoms with Crippen LogP contribution in [-0.2, 0) is 9.59 Å². The molecule has 7 nitrogen and oxygen atoms in total. The Balaban J connectivity index is 1.97. The van der Waals surface area contributed by atoms with Gasteiger partial charge in [-0.05, 0) is 42.5 Å². The SMILES string of the molecule is O=C([O-])/C=C/C(=O)Nc1ccc(Sc2ccc([N+](=O)[O-])cc2)cc1. The number of hydrogen-bond acceptors (Lipinski definition) is 6. The van der Waals surface area contributed by atoms with E-state index in [9.17, 15) is 24.8 Å². The third-order valence-corrected chi connectivity index (χ3v) is 3.79. The average Bonchev–Trinajstić information content (AvgIpc) is 2.55. The molecule has 1 N–H and O–H groups in total. The molecule has 24 heavy (non-hydrogen) atoms. The van der Waals surface area contributed by atoms with E-state index in [1.807, 2.05) is 0 Å². The van der Waals surface area contributed by atoms with Crippen molar-refractivity contribution < 1.29 is 19.6 Å². The zero-order valence-corrected chi connectivity index (χ0v) is 13.0. The summed E-state index contributed by atoms with van der Waals surface area (Å²) < 4.78 is 0. The average molecular weight is 343 g/mol. The molecule has 0 aliphatic rings. The molecular formula is C16H11N2O5S-. The molecule has 0 spiro atoms. The number of non-ortho nitro benzene ring substituents is 1. The van der Waals surface area contributed by atoms with Crippen LogP contribution in [0.15, 0.2) is 70.5 Å². The van der Waals surface area contributed by atoms with Crippen molar-refractivity contribution in [2.75, 3.05) is 5.32 Å². The number of carbonyl (C=O) groups is 2. The number of amides is 1. The largest absolute Gasteiger partial charge is 0.545 e. The Bertz CT molecular complexity index is 785. The van der Waals surface area contributed by atoms with Crippen LogP contribution in [0, 0.1) is 10.1 Å². The predicted molar refractivity (Wildman–Crippen MR) is 86.4 cm³/mol. The van der Waals surface area contributed by atoms with Gasteiger partial charge in [0.1, 0.15) is 0 Å². The number of nitro benzene ring substituents is 1. The normalized spacial score (nSPS) is 10.5. The zero-order chi connectivity index (χ0) is 17.5. The summed E-state index contributed by atoms with van der Waals surface area (Å²) in [5.74, 6) is -2.02. The van der Waals surface area contributed by atoms with Gasteiger partial charge in [-0.15, -0.1) is 0 Å². The number of aliphatic carboxylic acids is 1. The van der Waals surface area contributed by atoms with Crippen molar-refractivity contribution in [3.05, 3.63) is 70.8 Å². The molecule has 0 radical (unpaired) electrons. The number of benzene rings is 2. The Morgan fingerprint density at radius 1 is 0.958 bits per heavy atom. The lowest BCUT2D eigenvalue weighted by Gasteiger charge is -2.05. The van der Waals surface area contributed by atoms with Crippen molar-refractivity contribution in [1.82, 2.24) is 0 Å². The van der Waals surface area contributed by atoms with Crippen molar-refractivity contribution >= 4 is 35.0 Å². The summed E-state index contributed by atoms with van der Waals surface area (Å²) in [5, 5.41) is 23.3. The van der Waals surface area contributed by atoms with E-state index in [4.69, 9.17) is 0 Å². The summed E-state index contributed by atoms with van der Waals surface area (Å²) in [5.41, 5.74) is 0.540. The topological polar surface area (TPSA) is 112 Å². The number of carboxylic acid groups (broad SMARTS) is 1. The van der Waals surface area contributed by atoms with Crippen LogP contribution in [0.1, 0.15) is 0 Å². The second kappa shape index (κ2) is 7.93. The highest BCUT2D eigenvalue weighted by atomic mass is 32.2. The van der Waals surface area contributed by atoms with E-state index in [0.29, 0.717) is 11.8 Å². The number of nitrogens with zero attached hydrogens (tertiary/aromatic N) is 1. The van der Waals surface area contributed by atoms with Gasteiger partial charge in [-0.3, -0.25) is 14.9 Å². The molecule has 0 aliphatic heterocycles. The minimum Gasteiger partial charge on any atom is -0.545 e. The fourth-order valence-corrected chi connectivity index (χ4v) is 2.52. The van der Waals surface area contributed by atoms with Crippen LogP contribution >= 0.6 is 11.8 Å². The summed E-state index contributed by atoms with van der Waals surface area (Å²) in [4.78, 5) is 33.5. The Hall–Kier alpha value is -3.13. The summed E-state index contributed by atoms with van der Waals surface area (Å²) >= 11 is 1.41. The number of nitro groups is 1. The van der Waals surface area contributed by atoms with Crippen molar-refractivity contribution in [2.24, 2.45) is 0 Å². The lowest BCUT2D eigenvalue weighted by molar-refractivity contribution is -0.384. The maximum atomic E-state index is 11.4. The van der Waals surface area contributed by atoms with E-state index in [1.165, 1.54) is 23.9 Å². The number of hydrogen-bond donors (Lipinski definition) is 1. The van der Waals surface area contributed by atoms with Gasteiger partial charge < -0.3 is 15.2 Å². The molecule has 0 aliphatic carbocycles. The van der Waals surface area contributed by atoms with Gasteiger partial charge in [0.05, 0.1) is 10.9 Å². The summed E-state index contributed by atoms with van der Waals surface area (Å²) in [7, 11) is 0. The van der Waals surface area contributed by atoms with Crippen molar-refractivity contribution in [2.45, 2.75) is 9.79 Å². The molecule has 8 heteroatoms. The second-order valence-corrected chi connectivity index (χ2v) is 5.67. The van der Waals surface area contributed by atoms with Crippen molar-refractivity contribution in [3.63, 3.8) is 0 Å². The first-order valence-electron chi connectivity index (χ1n) is 6.66. The molecule has 1 amide bonds. The second-order valence-electron chi connectivity index (χ2n) is 4.52. The lowest BCUT2D eigenvalue weighted by Crippen LogP contribution is -2.20. The van der Waals surface area contributed by atoms with Gasteiger partial charge in [0.2, 0.25) is 5.91 Å². The Morgan fingerprint density at radius 2 is 1.50 bits per heavy atom. The Morgan fingerprint density at radius 3 is 2.00 bits per heavy atom. The van der Waals surface area contributed by atoms with Crippen LogP contribution in [0.2, 0.25) is 0 Å². The summed E-state index contributed by atoms with van der Waals surface area (Å²) in [6, 6.07) is 13.0. The predicted octanol–water partition coefficient (Wildman–Crippen LogP) is 1.99. The third-order valence-electron chi connectivity index (χ3n) is 2.78. The highest BCUT2D eigenvalue weighted by molar-refractivity contribution is 7.99. The van der Waals surface area contributed by atoms with E-state index < -0.39 is 16.8 Å². The Labute approximate surface area is 141 Å². The lowest BCUT2D eigenvalue weighted by atomic mass is 10.3. The van der Waals surface area contributed by atoms with Crippen LogP contribution in [0.25, 0.3) is 0 Å². The Kier molecular flexibility index (Phi) is 5.69. The van der Waals surface area contributed by atoms with Gasteiger partial charge in [0, 0.05) is 33.7 Å². The number of carbonyl (C=O) groups excluding carboxylic acids is 2. The first-order chi connectivity index (χ1) is 11.4. The molecule has 0 fully saturated rings. The van der Waals surface area contributed by atoms with Crippen LogP contribution in [0.4, 0.5) is 11.4 Å². The van der Waals surface area contributed by atoms with Gasteiger partial charge in [0.15, 0.2) is 0 Å². The van der Waals surface area contributed by atoms with Gasteiger partial charge >= 0.3 is 0 Å². The first-order valence-corrected chi connectivity index (χ1v) is 7.48. The maximum Gasteiger partial charge on any atom is 0.269 e. The highest BCUT2D eigenvalue weighted by Gasteiger charge is 2.05. The number of rotatable bonds is 6. The summed E-state index contributed by atoms with van der Waals surface area (Å²) in [6.07, 6.45) is 1.52. The third kappa shape index (κ3) is 5.25. The molecule has 2 aromatic carbocycles. The quantitative estimate of drug-likeness (QED) is 0.487. The van der Waals surface area contributed by atoms with E-state index in [2.05, 4.69) is 5.32 Å². The van der Waals surface area contributed by atoms with E-state index in [1.54, 1.807) is 36.4 Å². The van der Waals surface area contributed by atoms with Crippen LogP contribution in [-0.4, -0.2) is 16.8 Å². The maximum absolute atomic E-state index is 11.4. The summed E-state index contributed by atoms with van der Waals surface area (Å²) in [6.45, 7) is 0. The molecule has 0 unspecified atom stereocenters. The monoisotopic (exact) mass is 343 g/mol. The van der Waals surface area contributed by atoms with E-state index >= 15 is 0 Å². The highest BCUT2D eigenvalue weighted by Crippen LogP contribution is 2.29. The molecule has 0 bridgehead atoms. The van der Waals surface area contributed by atoms with Gasteiger partial charge in [-0.2, -0.15) is 0 Å². The molecule has 0 saturated heterocycles. The number of anilines is 1. The van der Waals surface area contributed by atoms with E-state index in [0.717, 1.165) is 15.9 Å². The smallest absolute Gasteiger partial charge is 0.269 e. The van der Waals surface area contributed by atoms with Crippen molar-refractivity contribution in [1.29, 1.82) is 0 Å². The van der Waals surface area contributed by atoms with Gasteiger partial charge in [-0.1, -0.05) is 11.8 Å². The van der Waals surface area contributed by atoms with Crippen LogP contribution in [0.3, 0.4) is 0 Å². The fourth-order valence-electron chi connectivity index (χ4n) is 1.71. The zero-order valence-electron chi connectivity index (χ0n) is 12.2. The molecule has 0 aromatic heterocycles. The molecule has 0 atom stereocenters. The number of nitrogens with one attached hydrogen (secondary N) is 1. The molecule has 2 rings (SSSR count). The van der Waals surface area contributed by atoms with Crippen LogP contribution in [0.5, 0.6) is 0 Å². The standard InChI is InChI=1S/C16H12N2O5S/c19-15(9-10-16(20)21)17-11-1-5-13(6-2-11)24-14-7-3-12(4-8-14)18(22)23/h1-10H,(H,17,19)(H,20,21)/p-1/b10-9+. The molecule has 2 aromatic rings. The molecule has 0 heterocycles. The van der Waals surface area contributed by atoms with Crippen molar-refractivity contribution in [3.8, 4) is 0 Å². The molecular weight excluding hydrogens is 332 g/mol. The van der Waals surface area contributed by atoms with Crippen LogP contribution < -0.4 is 10.4 Å². The molecule has 122 valence electrons. The first kappa shape index (κ1) is 17.2. The minimum atomic E-state index is -1.44. The fraction of sp³-hybridized carbons (Fsp3) is 0. The number of carboxylic acids is 1. The molecule has 0 saturated carbocycles. The van der Waals surface area contributed by atoms with Gasteiger partial charge in [-0.25, -0.2) is 0 Å². The van der Waals surface area contributed by atoms with Gasteiger partial charge in [0.25, 0.3) is 5.69 Å². The van der Waals surface area contributed by atoms with E-state index in [-0.39, 0.29) is 5.69 Å².